The highest BCUT2D eigenvalue weighted by Gasteiger charge is 2.02. The summed E-state index contributed by atoms with van der Waals surface area (Å²) in [6.07, 6.45) is 7.60. The lowest BCUT2D eigenvalue weighted by Crippen LogP contribution is -2.10. The highest BCUT2D eigenvalue weighted by atomic mass is 35.5. The topological polar surface area (TPSA) is 35.2 Å². The van der Waals surface area contributed by atoms with Gasteiger partial charge in [0.2, 0.25) is 0 Å². The van der Waals surface area contributed by atoms with Crippen LogP contribution in [-0.4, -0.2) is 13.2 Å². The van der Waals surface area contributed by atoms with E-state index in [-0.39, 0.29) is 0 Å². The summed E-state index contributed by atoms with van der Waals surface area (Å²) in [4.78, 5) is 0. The Labute approximate surface area is 115 Å². The second-order valence-corrected chi connectivity index (χ2v) is 4.97. The van der Waals surface area contributed by atoms with E-state index in [0.717, 1.165) is 12.2 Å². The van der Waals surface area contributed by atoms with E-state index in [4.69, 9.17) is 22.1 Å². The average Bonchev–Trinajstić information content (AvgIpc) is 2.37. The summed E-state index contributed by atoms with van der Waals surface area (Å²) in [5.74, 6) is 0.733. The quantitative estimate of drug-likeness (QED) is 0.682. The van der Waals surface area contributed by atoms with E-state index in [9.17, 15) is 0 Å². The Bertz CT molecular complexity index is 341. The fourth-order valence-corrected chi connectivity index (χ4v) is 2.18. The maximum atomic E-state index is 6.16. The molecule has 0 bridgehead atoms. The van der Waals surface area contributed by atoms with Crippen molar-refractivity contribution in [1.29, 1.82) is 0 Å². The van der Waals surface area contributed by atoms with E-state index in [2.05, 4.69) is 13.0 Å². The molecule has 0 atom stereocenters. The van der Waals surface area contributed by atoms with E-state index in [1.165, 1.54) is 37.7 Å². The van der Waals surface area contributed by atoms with Gasteiger partial charge in [-0.25, -0.2) is 0 Å². The van der Waals surface area contributed by atoms with Crippen LogP contribution in [-0.2, 0) is 6.42 Å². The molecule has 0 radical (unpaired) electrons. The second-order valence-electron chi connectivity index (χ2n) is 4.57. The Morgan fingerprint density at radius 1 is 1.17 bits per heavy atom. The zero-order chi connectivity index (χ0) is 13.2. The molecule has 1 aromatic rings. The SMILES string of the molecule is CCCCCCCc1ccc(OCCN)c(Cl)c1. The molecule has 0 amide bonds. The van der Waals surface area contributed by atoms with Crippen molar-refractivity contribution in [3.05, 3.63) is 28.8 Å². The van der Waals surface area contributed by atoms with Crippen LogP contribution in [0.5, 0.6) is 5.75 Å². The van der Waals surface area contributed by atoms with Gasteiger partial charge in [0, 0.05) is 6.54 Å². The van der Waals surface area contributed by atoms with E-state index in [1.807, 2.05) is 12.1 Å². The molecule has 0 aliphatic heterocycles. The normalized spacial score (nSPS) is 10.6. The summed E-state index contributed by atoms with van der Waals surface area (Å²) in [6, 6.07) is 6.05. The van der Waals surface area contributed by atoms with Gasteiger partial charge in [0.25, 0.3) is 0 Å². The number of rotatable bonds is 9. The second kappa shape index (κ2) is 9.23. The van der Waals surface area contributed by atoms with Crippen LogP contribution in [0, 0.1) is 0 Å². The summed E-state index contributed by atoms with van der Waals surface area (Å²) in [5, 5.41) is 0.689. The molecule has 1 rings (SSSR count). The van der Waals surface area contributed by atoms with Crippen LogP contribution >= 0.6 is 11.6 Å². The van der Waals surface area contributed by atoms with Gasteiger partial charge in [-0.2, -0.15) is 0 Å². The minimum Gasteiger partial charge on any atom is -0.491 e. The number of hydrogen-bond donors (Lipinski definition) is 1. The number of unbranched alkanes of at least 4 members (excludes halogenated alkanes) is 4. The number of aryl methyl sites for hydroxylation is 1. The molecule has 2 nitrogen and oxygen atoms in total. The van der Waals surface area contributed by atoms with Crippen LogP contribution in [0.1, 0.15) is 44.6 Å². The van der Waals surface area contributed by atoms with Gasteiger partial charge in [0.1, 0.15) is 12.4 Å². The lowest BCUT2D eigenvalue weighted by atomic mass is 10.1. The molecule has 0 spiro atoms. The molecule has 0 fully saturated rings. The molecule has 0 unspecified atom stereocenters. The zero-order valence-corrected chi connectivity index (χ0v) is 12.0. The van der Waals surface area contributed by atoms with Crippen molar-refractivity contribution in [3.8, 4) is 5.75 Å². The Kier molecular flexibility index (Phi) is 7.86. The van der Waals surface area contributed by atoms with Crippen LogP contribution in [0.25, 0.3) is 0 Å². The van der Waals surface area contributed by atoms with Crippen molar-refractivity contribution >= 4 is 11.6 Å². The predicted molar refractivity (Wildman–Crippen MR) is 78.5 cm³/mol. The molecular formula is C15H24ClNO. The van der Waals surface area contributed by atoms with Crippen LogP contribution in [0.15, 0.2) is 18.2 Å². The molecule has 0 aromatic heterocycles. The lowest BCUT2D eigenvalue weighted by molar-refractivity contribution is 0.328. The molecule has 1 aromatic carbocycles. The predicted octanol–water partition coefficient (Wildman–Crippen LogP) is 4.19. The Hall–Kier alpha value is -0.730. The summed E-state index contributed by atoms with van der Waals surface area (Å²) in [7, 11) is 0. The maximum Gasteiger partial charge on any atom is 0.137 e. The van der Waals surface area contributed by atoms with Gasteiger partial charge in [-0.3, -0.25) is 0 Å². The molecule has 0 saturated heterocycles. The van der Waals surface area contributed by atoms with Crippen LogP contribution < -0.4 is 10.5 Å². The van der Waals surface area contributed by atoms with E-state index < -0.39 is 0 Å². The Balaban J connectivity index is 2.36. The summed E-state index contributed by atoms with van der Waals surface area (Å²) in [6.45, 7) is 3.26. The molecule has 0 heterocycles. The molecule has 0 aliphatic rings. The van der Waals surface area contributed by atoms with Crippen molar-refractivity contribution in [1.82, 2.24) is 0 Å². The highest BCUT2D eigenvalue weighted by Crippen LogP contribution is 2.26. The minimum atomic E-state index is 0.509. The molecule has 2 N–H and O–H groups in total. The zero-order valence-electron chi connectivity index (χ0n) is 11.3. The first-order valence-electron chi connectivity index (χ1n) is 6.89. The highest BCUT2D eigenvalue weighted by molar-refractivity contribution is 6.32. The first kappa shape index (κ1) is 15.3. The number of halogens is 1. The Morgan fingerprint density at radius 2 is 1.94 bits per heavy atom. The van der Waals surface area contributed by atoms with Crippen molar-refractivity contribution in [2.75, 3.05) is 13.2 Å². The Morgan fingerprint density at radius 3 is 2.61 bits per heavy atom. The van der Waals surface area contributed by atoms with Gasteiger partial charge < -0.3 is 10.5 Å². The lowest BCUT2D eigenvalue weighted by Gasteiger charge is -2.08. The molecule has 0 saturated carbocycles. The largest absolute Gasteiger partial charge is 0.491 e. The fraction of sp³-hybridized carbons (Fsp3) is 0.600. The van der Waals surface area contributed by atoms with Crippen molar-refractivity contribution in [2.24, 2.45) is 5.73 Å². The molecule has 102 valence electrons. The molecule has 3 heteroatoms. The summed E-state index contributed by atoms with van der Waals surface area (Å²) < 4.78 is 5.44. The van der Waals surface area contributed by atoms with E-state index >= 15 is 0 Å². The first-order chi connectivity index (χ1) is 8.77. The number of benzene rings is 1. The summed E-state index contributed by atoms with van der Waals surface area (Å²) >= 11 is 6.16. The minimum absolute atomic E-state index is 0.509. The molecular weight excluding hydrogens is 246 g/mol. The average molecular weight is 270 g/mol. The van der Waals surface area contributed by atoms with Crippen molar-refractivity contribution in [2.45, 2.75) is 45.4 Å². The third-order valence-electron chi connectivity index (χ3n) is 2.94. The van der Waals surface area contributed by atoms with Gasteiger partial charge in [-0.15, -0.1) is 0 Å². The first-order valence-corrected chi connectivity index (χ1v) is 7.27. The monoisotopic (exact) mass is 269 g/mol. The van der Waals surface area contributed by atoms with Crippen LogP contribution in [0.4, 0.5) is 0 Å². The van der Waals surface area contributed by atoms with E-state index in [0.29, 0.717) is 18.2 Å². The number of hydrogen-bond acceptors (Lipinski definition) is 2. The van der Waals surface area contributed by atoms with Gasteiger partial charge in [0.05, 0.1) is 5.02 Å². The van der Waals surface area contributed by atoms with Crippen molar-refractivity contribution < 1.29 is 4.74 Å². The van der Waals surface area contributed by atoms with Gasteiger partial charge in [-0.1, -0.05) is 50.3 Å². The molecule has 18 heavy (non-hydrogen) atoms. The smallest absolute Gasteiger partial charge is 0.137 e. The molecule has 0 aliphatic carbocycles. The number of nitrogens with two attached hydrogens (primary N) is 1. The third kappa shape index (κ3) is 5.74. The third-order valence-corrected chi connectivity index (χ3v) is 3.24. The van der Waals surface area contributed by atoms with Gasteiger partial charge in [0.15, 0.2) is 0 Å². The van der Waals surface area contributed by atoms with Gasteiger partial charge in [-0.05, 0) is 30.5 Å². The van der Waals surface area contributed by atoms with Crippen molar-refractivity contribution in [3.63, 3.8) is 0 Å². The van der Waals surface area contributed by atoms with E-state index in [1.54, 1.807) is 0 Å². The number of ether oxygens (including phenoxy) is 1. The maximum absolute atomic E-state index is 6.16. The standard InChI is InChI=1S/C15H24ClNO/c1-2-3-4-5-6-7-13-8-9-15(14(16)12-13)18-11-10-17/h8-9,12H,2-7,10-11,17H2,1H3. The van der Waals surface area contributed by atoms with Crippen LogP contribution in [0.2, 0.25) is 5.02 Å². The van der Waals surface area contributed by atoms with Gasteiger partial charge >= 0.3 is 0 Å². The summed E-state index contributed by atoms with van der Waals surface area (Å²) in [5.41, 5.74) is 6.68. The van der Waals surface area contributed by atoms with Crippen LogP contribution in [0.3, 0.4) is 0 Å². The fourth-order valence-electron chi connectivity index (χ4n) is 1.92.